The first kappa shape index (κ1) is 13.9. The van der Waals surface area contributed by atoms with Gasteiger partial charge in [0.2, 0.25) is 0 Å². The van der Waals surface area contributed by atoms with Crippen LogP contribution in [0.15, 0.2) is 0 Å². The molecule has 3 atom stereocenters. The Hall–Kier alpha value is -0.120. The van der Waals surface area contributed by atoms with Gasteiger partial charge in [-0.25, -0.2) is 0 Å². The largest absolute Gasteiger partial charge is 0.378 e. The highest BCUT2D eigenvalue weighted by atomic mass is 16.5. The lowest BCUT2D eigenvalue weighted by molar-refractivity contribution is 0.0873. The fourth-order valence-corrected chi connectivity index (χ4v) is 2.47. The van der Waals surface area contributed by atoms with Gasteiger partial charge in [-0.3, -0.25) is 0 Å². The van der Waals surface area contributed by atoms with Crippen LogP contribution in [0.2, 0.25) is 0 Å². The molecule has 3 unspecified atom stereocenters. The van der Waals surface area contributed by atoms with Gasteiger partial charge in [0.1, 0.15) is 0 Å². The first-order valence-electron chi connectivity index (χ1n) is 6.85. The van der Waals surface area contributed by atoms with Crippen molar-refractivity contribution in [3.63, 3.8) is 0 Å². The fourth-order valence-electron chi connectivity index (χ4n) is 2.47. The first-order chi connectivity index (χ1) is 7.77. The fraction of sp³-hybridized carbons (Fsp3) is 1.00. The Labute approximate surface area is 100 Å². The van der Waals surface area contributed by atoms with E-state index in [1.54, 1.807) is 0 Å². The molecule has 0 aromatic carbocycles. The number of rotatable bonds is 8. The smallest absolute Gasteiger partial charge is 0.0613 e. The lowest BCUT2D eigenvalue weighted by Crippen LogP contribution is -2.32. The summed E-state index contributed by atoms with van der Waals surface area (Å²) in [5.74, 6) is 0.715. The van der Waals surface area contributed by atoms with Crippen molar-refractivity contribution in [3.8, 4) is 0 Å². The minimum absolute atomic E-state index is 0.374. The summed E-state index contributed by atoms with van der Waals surface area (Å²) < 4.78 is 5.67. The van der Waals surface area contributed by atoms with Gasteiger partial charge >= 0.3 is 0 Å². The second-order valence-electron chi connectivity index (χ2n) is 4.91. The lowest BCUT2D eigenvalue weighted by atomic mass is 9.99. The Morgan fingerprint density at radius 1 is 1.38 bits per heavy atom. The van der Waals surface area contributed by atoms with E-state index in [4.69, 9.17) is 10.5 Å². The average Bonchev–Trinajstić information content (AvgIpc) is 2.72. The molecule has 1 heterocycles. The molecule has 0 spiro atoms. The summed E-state index contributed by atoms with van der Waals surface area (Å²) in [6, 6.07) is 0.374. The summed E-state index contributed by atoms with van der Waals surface area (Å²) in [4.78, 5) is 0. The van der Waals surface area contributed by atoms with Gasteiger partial charge in [-0.05, 0) is 38.1 Å². The summed E-state index contributed by atoms with van der Waals surface area (Å²) in [6.45, 7) is 7.49. The zero-order valence-electron chi connectivity index (χ0n) is 10.9. The minimum atomic E-state index is 0.374. The zero-order valence-corrected chi connectivity index (χ0v) is 10.9. The van der Waals surface area contributed by atoms with Crippen LogP contribution in [0.5, 0.6) is 0 Å². The van der Waals surface area contributed by atoms with Gasteiger partial charge in [0.05, 0.1) is 6.10 Å². The van der Waals surface area contributed by atoms with Crippen LogP contribution >= 0.6 is 0 Å². The van der Waals surface area contributed by atoms with Crippen molar-refractivity contribution in [2.75, 3.05) is 19.7 Å². The van der Waals surface area contributed by atoms with Crippen LogP contribution in [-0.4, -0.2) is 31.8 Å². The van der Waals surface area contributed by atoms with Crippen molar-refractivity contribution in [2.45, 2.75) is 58.1 Å². The van der Waals surface area contributed by atoms with Crippen molar-refractivity contribution in [2.24, 2.45) is 11.7 Å². The zero-order chi connectivity index (χ0) is 11.8. The molecule has 1 rings (SSSR count). The SMILES string of the molecule is CCCC(N)CCNCC1CCOC1CC. The number of nitrogens with two attached hydrogens (primary N) is 1. The Morgan fingerprint density at radius 2 is 2.19 bits per heavy atom. The third kappa shape index (κ3) is 4.81. The van der Waals surface area contributed by atoms with Gasteiger partial charge in [-0.15, -0.1) is 0 Å². The summed E-state index contributed by atoms with van der Waals surface area (Å²) in [5, 5.41) is 3.52. The third-order valence-electron chi connectivity index (χ3n) is 3.51. The molecule has 0 aromatic rings. The lowest BCUT2D eigenvalue weighted by Gasteiger charge is -2.18. The van der Waals surface area contributed by atoms with Crippen molar-refractivity contribution in [1.29, 1.82) is 0 Å². The number of nitrogens with one attached hydrogen (secondary N) is 1. The third-order valence-corrected chi connectivity index (χ3v) is 3.51. The van der Waals surface area contributed by atoms with Gasteiger partial charge in [0, 0.05) is 19.2 Å². The van der Waals surface area contributed by atoms with E-state index >= 15 is 0 Å². The topological polar surface area (TPSA) is 47.3 Å². The van der Waals surface area contributed by atoms with E-state index in [9.17, 15) is 0 Å². The Bertz CT molecular complexity index is 175. The molecule has 3 nitrogen and oxygen atoms in total. The van der Waals surface area contributed by atoms with Crippen molar-refractivity contribution in [1.82, 2.24) is 5.32 Å². The summed E-state index contributed by atoms with van der Waals surface area (Å²) in [7, 11) is 0. The molecule has 1 aliphatic rings. The predicted octanol–water partition coefficient (Wildman–Crippen LogP) is 1.91. The monoisotopic (exact) mass is 228 g/mol. The van der Waals surface area contributed by atoms with Crippen molar-refractivity contribution in [3.05, 3.63) is 0 Å². The average molecular weight is 228 g/mol. The molecule has 0 aliphatic carbocycles. The predicted molar refractivity (Wildman–Crippen MR) is 68.5 cm³/mol. The highest BCUT2D eigenvalue weighted by Gasteiger charge is 2.25. The maximum absolute atomic E-state index is 5.97. The molecule has 3 N–H and O–H groups in total. The van der Waals surface area contributed by atoms with E-state index < -0.39 is 0 Å². The first-order valence-corrected chi connectivity index (χ1v) is 6.85. The molecule has 16 heavy (non-hydrogen) atoms. The Morgan fingerprint density at radius 3 is 2.88 bits per heavy atom. The highest BCUT2D eigenvalue weighted by Crippen LogP contribution is 2.22. The molecule has 0 saturated carbocycles. The summed E-state index contributed by atoms with van der Waals surface area (Å²) in [6.07, 6.45) is 6.27. The van der Waals surface area contributed by atoms with Gasteiger partial charge in [0.15, 0.2) is 0 Å². The molecule has 0 bridgehead atoms. The standard InChI is InChI=1S/C13H28N2O/c1-3-5-12(14)6-8-15-10-11-7-9-16-13(11)4-2/h11-13,15H,3-10,14H2,1-2H3. The molecule has 0 amide bonds. The molecule has 1 fully saturated rings. The maximum atomic E-state index is 5.97. The van der Waals surface area contributed by atoms with Crippen LogP contribution in [0.3, 0.4) is 0 Å². The van der Waals surface area contributed by atoms with E-state index in [1.165, 1.54) is 12.8 Å². The van der Waals surface area contributed by atoms with Gasteiger partial charge in [-0.1, -0.05) is 20.3 Å². The molecule has 96 valence electrons. The maximum Gasteiger partial charge on any atom is 0.0613 e. The van der Waals surface area contributed by atoms with Crippen LogP contribution in [0.1, 0.15) is 46.0 Å². The highest BCUT2D eigenvalue weighted by molar-refractivity contribution is 4.77. The molecule has 0 aromatic heterocycles. The van der Waals surface area contributed by atoms with Crippen LogP contribution < -0.4 is 11.1 Å². The minimum Gasteiger partial charge on any atom is -0.378 e. The normalized spacial score (nSPS) is 27.2. The van der Waals surface area contributed by atoms with E-state index in [0.29, 0.717) is 18.1 Å². The molecule has 3 heteroatoms. The van der Waals surface area contributed by atoms with E-state index in [-0.39, 0.29) is 0 Å². The summed E-state index contributed by atoms with van der Waals surface area (Å²) >= 11 is 0. The molecule has 1 saturated heterocycles. The Kier molecular flexibility index (Phi) is 7.01. The van der Waals surface area contributed by atoms with Gasteiger partial charge < -0.3 is 15.8 Å². The number of ether oxygens (including phenoxy) is 1. The van der Waals surface area contributed by atoms with Crippen molar-refractivity contribution >= 4 is 0 Å². The number of hydrogen-bond acceptors (Lipinski definition) is 3. The van der Waals surface area contributed by atoms with Crippen LogP contribution in [-0.2, 0) is 4.74 Å². The van der Waals surface area contributed by atoms with Crippen LogP contribution in [0.4, 0.5) is 0 Å². The molecule has 0 radical (unpaired) electrons. The van der Waals surface area contributed by atoms with E-state index in [2.05, 4.69) is 19.2 Å². The second kappa shape index (κ2) is 8.04. The van der Waals surface area contributed by atoms with E-state index in [1.807, 2.05) is 0 Å². The van der Waals surface area contributed by atoms with Crippen LogP contribution in [0, 0.1) is 5.92 Å². The Balaban J connectivity index is 2.02. The van der Waals surface area contributed by atoms with Gasteiger partial charge in [0.25, 0.3) is 0 Å². The van der Waals surface area contributed by atoms with Gasteiger partial charge in [-0.2, -0.15) is 0 Å². The van der Waals surface area contributed by atoms with E-state index in [0.717, 1.165) is 39.0 Å². The van der Waals surface area contributed by atoms with Crippen molar-refractivity contribution < 1.29 is 4.74 Å². The van der Waals surface area contributed by atoms with Crippen LogP contribution in [0.25, 0.3) is 0 Å². The molecule has 1 aliphatic heterocycles. The number of hydrogen-bond donors (Lipinski definition) is 2. The molecular weight excluding hydrogens is 200 g/mol. The second-order valence-corrected chi connectivity index (χ2v) is 4.91. The quantitative estimate of drug-likeness (QED) is 0.624. The summed E-state index contributed by atoms with van der Waals surface area (Å²) in [5.41, 5.74) is 5.97. The molecular formula is C13H28N2O.